The molecule has 0 heterocycles. The van der Waals surface area contributed by atoms with Crippen molar-refractivity contribution in [2.45, 2.75) is 5.75 Å². The lowest BCUT2D eigenvalue weighted by Gasteiger charge is -2.16. The first-order valence-electron chi connectivity index (χ1n) is 6.16. The van der Waals surface area contributed by atoms with Crippen LogP contribution in [0.4, 0.5) is 0 Å². The highest BCUT2D eigenvalue weighted by atomic mass is 32.2. The molecule has 7 heteroatoms. The molecule has 20 heavy (non-hydrogen) atoms. The fraction of sp³-hybridized carbons (Fsp3) is 0.462. The number of esters is 1. The number of hydrogen-bond acceptors (Lipinski definition) is 5. The minimum Gasteiger partial charge on any atom is -0.465 e. The van der Waals surface area contributed by atoms with E-state index in [1.165, 1.54) is 11.4 Å². The molecule has 0 saturated carbocycles. The molecule has 0 aliphatic carbocycles. The fourth-order valence-corrected chi connectivity index (χ4v) is 2.79. The largest absolute Gasteiger partial charge is 0.465 e. The molecule has 112 valence electrons. The summed E-state index contributed by atoms with van der Waals surface area (Å²) < 4.78 is 30.1. The first kappa shape index (κ1) is 16.6. The summed E-state index contributed by atoms with van der Waals surface area (Å²) in [5.41, 5.74) is 1.03. The van der Waals surface area contributed by atoms with Crippen molar-refractivity contribution in [2.75, 3.05) is 34.3 Å². The van der Waals surface area contributed by atoms with E-state index in [-0.39, 0.29) is 5.75 Å². The van der Waals surface area contributed by atoms with E-state index in [1.807, 2.05) is 0 Å². The van der Waals surface area contributed by atoms with Crippen LogP contribution in [-0.2, 0) is 20.5 Å². The fourth-order valence-electron chi connectivity index (χ4n) is 1.58. The number of rotatable bonds is 7. The molecule has 1 aromatic rings. The molecule has 1 rings (SSSR count). The minimum absolute atomic E-state index is 0.0886. The van der Waals surface area contributed by atoms with Gasteiger partial charge in [-0.15, -0.1) is 0 Å². The third-order valence-corrected chi connectivity index (χ3v) is 4.71. The van der Waals surface area contributed by atoms with Gasteiger partial charge in [-0.1, -0.05) is 12.1 Å². The Labute approximate surface area is 119 Å². The van der Waals surface area contributed by atoms with Gasteiger partial charge in [-0.3, -0.25) is 0 Å². The van der Waals surface area contributed by atoms with Crippen molar-refractivity contribution in [2.24, 2.45) is 0 Å². The van der Waals surface area contributed by atoms with Crippen LogP contribution in [0.5, 0.6) is 0 Å². The normalized spacial score (nSPS) is 11.6. The van der Waals surface area contributed by atoms with Gasteiger partial charge in [0.25, 0.3) is 0 Å². The first-order valence-corrected chi connectivity index (χ1v) is 7.77. The van der Waals surface area contributed by atoms with Gasteiger partial charge in [-0.2, -0.15) is 0 Å². The molecule has 0 aromatic heterocycles. The van der Waals surface area contributed by atoms with Crippen LogP contribution in [0, 0.1) is 0 Å². The Morgan fingerprint density at radius 2 is 1.90 bits per heavy atom. The SMILES string of the molecule is CNCCN(C)S(=O)(=O)Cc1ccc(C(=O)OC)cc1. The Morgan fingerprint density at radius 1 is 1.30 bits per heavy atom. The molecule has 0 atom stereocenters. The van der Waals surface area contributed by atoms with E-state index in [1.54, 1.807) is 38.4 Å². The summed E-state index contributed by atoms with van der Waals surface area (Å²) in [6.07, 6.45) is 0. The van der Waals surface area contributed by atoms with Crippen LogP contribution in [-0.4, -0.2) is 53.0 Å². The molecule has 0 unspecified atom stereocenters. The summed E-state index contributed by atoms with van der Waals surface area (Å²) in [5.74, 6) is -0.528. The number of benzene rings is 1. The maximum Gasteiger partial charge on any atom is 0.337 e. The van der Waals surface area contributed by atoms with E-state index in [9.17, 15) is 13.2 Å². The smallest absolute Gasteiger partial charge is 0.337 e. The van der Waals surface area contributed by atoms with E-state index < -0.39 is 16.0 Å². The van der Waals surface area contributed by atoms with Crippen LogP contribution >= 0.6 is 0 Å². The first-order chi connectivity index (χ1) is 9.40. The van der Waals surface area contributed by atoms with Gasteiger partial charge in [0.05, 0.1) is 18.4 Å². The molecular formula is C13H20N2O4S. The standard InChI is InChI=1S/C13H20N2O4S/c1-14-8-9-15(2)20(17,18)10-11-4-6-12(7-5-11)13(16)19-3/h4-7,14H,8-10H2,1-3H3. The van der Waals surface area contributed by atoms with E-state index in [2.05, 4.69) is 10.1 Å². The average molecular weight is 300 g/mol. The number of nitrogens with one attached hydrogen (secondary N) is 1. The van der Waals surface area contributed by atoms with Crippen LogP contribution in [0.1, 0.15) is 15.9 Å². The van der Waals surface area contributed by atoms with Crippen molar-refractivity contribution in [1.29, 1.82) is 0 Å². The van der Waals surface area contributed by atoms with Gasteiger partial charge in [-0.05, 0) is 24.7 Å². The average Bonchev–Trinajstić information content (AvgIpc) is 2.44. The van der Waals surface area contributed by atoms with Gasteiger partial charge in [0.1, 0.15) is 0 Å². The molecule has 0 spiro atoms. The van der Waals surface area contributed by atoms with Crippen molar-refractivity contribution in [3.05, 3.63) is 35.4 Å². The van der Waals surface area contributed by atoms with Crippen LogP contribution in [0.3, 0.4) is 0 Å². The van der Waals surface area contributed by atoms with Crippen molar-refractivity contribution >= 4 is 16.0 Å². The second-order valence-electron chi connectivity index (χ2n) is 4.37. The molecule has 0 radical (unpaired) electrons. The van der Waals surface area contributed by atoms with Crippen LogP contribution in [0.25, 0.3) is 0 Å². The highest BCUT2D eigenvalue weighted by molar-refractivity contribution is 7.88. The summed E-state index contributed by atoms with van der Waals surface area (Å²) in [7, 11) is 1.28. The van der Waals surface area contributed by atoms with Crippen LogP contribution in [0.2, 0.25) is 0 Å². The van der Waals surface area contributed by atoms with Gasteiger partial charge in [-0.25, -0.2) is 17.5 Å². The quantitative estimate of drug-likeness (QED) is 0.740. The second kappa shape index (κ2) is 7.37. The van der Waals surface area contributed by atoms with Gasteiger partial charge in [0, 0.05) is 20.1 Å². The zero-order chi connectivity index (χ0) is 15.2. The van der Waals surface area contributed by atoms with Crippen molar-refractivity contribution in [3.8, 4) is 0 Å². The van der Waals surface area contributed by atoms with Crippen LogP contribution in [0.15, 0.2) is 24.3 Å². The number of sulfonamides is 1. The number of hydrogen-bond donors (Lipinski definition) is 1. The molecule has 6 nitrogen and oxygen atoms in total. The number of ether oxygens (including phenoxy) is 1. The Kier molecular flexibility index (Phi) is 6.12. The number of methoxy groups -OCH3 is 1. The number of carbonyl (C=O) groups excluding carboxylic acids is 1. The van der Waals surface area contributed by atoms with E-state index in [0.717, 1.165) is 0 Å². The molecular weight excluding hydrogens is 280 g/mol. The molecule has 0 aliphatic rings. The summed E-state index contributed by atoms with van der Waals surface area (Å²) in [5, 5.41) is 2.90. The highest BCUT2D eigenvalue weighted by Crippen LogP contribution is 2.11. The van der Waals surface area contributed by atoms with Gasteiger partial charge in [0.2, 0.25) is 10.0 Å². The number of carbonyl (C=O) groups is 1. The van der Waals surface area contributed by atoms with Gasteiger partial charge in [0.15, 0.2) is 0 Å². The van der Waals surface area contributed by atoms with E-state index >= 15 is 0 Å². The number of nitrogens with zero attached hydrogens (tertiary/aromatic N) is 1. The predicted molar refractivity (Wildman–Crippen MR) is 77.0 cm³/mol. The maximum absolute atomic E-state index is 12.1. The predicted octanol–water partition coefficient (Wildman–Crippen LogP) is 0.454. The van der Waals surface area contributed by atoms with Gasteiger partial charge < -0.3 is 10.1 Å². The van der Waals surface area contributed by atoms with Crippen molar-refractivity contribution in [1.82, 2.24) is 9.62 Å². The maximum atomic E-state index is 12.1. The Morgan fingerprint density at radius 3 is 2.40 bits per heavy atom. The highest BCUT2D eigenvalue weighted by Gasteiger charge is 2.18. The molecule has 0 amide bonds. The van der Waals surface area contributed by atoms with Crippen molar-refractivity contribution in [3.63, 3.8) is 0 Å². The Balaban J connectivity index is 2.75. The zero-order valence-electron chi connectivity index (χ0n) is 11.9. The monoisotopic (exact) mass is 300 g/mol. The lowest BCUT2D eigenvalue weighted by molar-refractivity contribution is 0.0600. The van der Waals surface area contributed by atoms with E-state index in [4.69, 9.17) is 0 Å². The minimum atomic E-state index is -3.35. The molecule has 1 N–H and O–H groups in total. The molecule has 0 aliphatic heterocycles. The van der Waals surface area contributed by atoms with Crippen molar-refractivity contribution < 1.29 is 17.9 Å². The Hall–Kier alpha value is -1.44. The lowest BCUT2D eigenvalue weighted by atomic mass is 10.1. The summed E-state index contributed by atoms with van der Waals surface area (Å²) in [6.45, 7) is 1.01. The summed E-state index contributed by atoms with van der Waals surface area (Å²) in [6, 6.07) is 6.36. The molecule has 1 aromatic carbocycles. The van der Waals surface area contributed by atoms with Crippen LogP contribution < -0.4 is 5.32 Å². The molecule has 0 bridgehead atoms. The lowest BCUT2D eigenvalue weighted by Crippen LogP contribution is -2.33. The molecule has 0 fully saturated rings. The summed E-state index contributed by atoms with van der Waals surface area (Å²) >= 11 is 0. The zero-order valence-corrected chi connectivity index (χ0v) is 12.7. The topological polar surface area (TPSA) is 75.7 Å². The summed E-state index contributed by atoms with van der Waals surface area (Å²) in [4.78, 5) is 11.3. The molecule has 0 saturated heterocycles. The third-order valence-electron chi connectivity index (χ3n) is 2.88. The Bertz CT molecular complexity index is 540. The van der Waals surface area contributed by atoms with E-state index in [0.29, 0.717) is 24.2 Å². The number of likely N-dealkylation sites (N-methyl/N-ethyl adjacent to an activating group) is 2. The third kappa shape index (κ3) is 4.59. The van der Waals surface area contributed by atoms with Gasteiger partial charge >= 0.3 is 5.97 Å². The second-order valence-corrected chi connectivity index (χ2v) is 6.45.